The molecule has 2 N–H and O–H groups in total. The number of likely N-dealkylation sites (tertiary alicyclic amines) is 1. The van der Waals surface area contributed by atoms with E-state index in [0.717, 1.165) is 12.8 Å². The quantitative estimate of drug-likeness (QED) is 0.907. The summed E-state index contributed by atoms with van der Waals surface area (Å²) in [4.78, 5) is 14.3. The molecule has 6 nitrogen and oxygen atoms in total. The van der Waals surface area contributed by atoms with Gasteiger partial charge in [0.2, 0.25) is 10.0 Å². The van der Waals surface area contributed by atoms with Crippen molar-refractivity contribution >= 4 is 15.9 Å². The second-order valence-electron chi connectivity index (χ2n) is 5.99. The second-order valence-corrected chi connectivity index (χ2v) is 7.83. The van der Waals surface area contributed by atoms with E-state index in [1.807, 2.05) is 22.9 Å². The highest BCUT2D eigenvalue weighted by Gasteiger charge is 2.32. The Morgan fingerprint density at radius 3 is 2.62 bits per heavy atom. The first-order chi connectivity index (χ1) is 9.97. The fraction of sp³-hybridized carbons (Fsp3) is 0.643. The van der Waals surface area contributed by atoms with Crippen LogP contribution in [0.3, 0.4) is 0 Å². The van der Waals surface area contributed by atoms with Crippen LogP contribution in [0, 0.1) is 0 Å². The first-order valence-electron chi connectivity index (χ1n) is 7.44. The molecule has 1 unspecified atom stereocenters. The number of rotatable bonds is 3. The zero-order valence-corrected chi connectivity index (χ0v) is 12.8. The van der Waals surface area contributed by atoms with E-state index >= 15 is 0 Å². The normalized spacial score (nSPS) is 23.9. The highest BCUT2D eigenvalue weighted by Crippen LogP contribution is 2.33. The van der Waals surface area contributed by atoms with Gasteiger partial charge < -0.3 is 9.47 Å². The molecule has 1 aliphatic carbocycles. The van der Waals surface area contributed by atoms with Gasteiger partial charge in [-0.3, -0.25) is 4.79 Å². The van der Waals surface area contributed by atoms with Crippen LogP contribution < -0.4 is 5.14 Å². The van der Waals surface area contributed by atoms with Crippen molar-refractivity contribution in [2.45, 2.75) is 43.4 Å². The predicted octanol–water partition coefficient (Wildman–Crippen LogP) is 1.11. The highest BCUT2D eigenvalue weighted by atomic mass is 32.2. The lowest BCUT2D eigenvalue weighted by molar-refractivity contribution is 0.0710. The van der Waals surface area contributed by atoms with Crippen LogP contribution in [0.15, 0.2) is 18.3 Å². The number of hydrogen-bond acceptors (Lipinski definition) is 3. The van der Waals surface area contributed by atoms with Gasteiger partial charge in [-0.1, -0.05) is 0 Å². The van der Waals surface area contributed by atoms with Crippen molar-refractivity contribution in [1.29, 1.82) is 0 Å². The van der Waals surface area contributed by atoms with Crippen molar-refractivity contribution in [3.05, 3.63) is 24.0 Å². The van der Waals surface area contributed by atoms with E-state index in [-0.39, 0.29) is 12.5 Å². The van der Waals surface area contributed by atoms with Crippen LogP contribution in [-0.2, 0) is 10.0 Å². The van der Waals surface area contributed by atoms with Crippen molar-refractivity contribution in [3.63, 3.8) is 0 Å². The molecular weight excluding hydrogens is 290 g/mol. The van der Waals surface area contributed by atoms with Gasteiger partial charge in [-0.15, -0.1) is 0 Å². The number of carbonyl (C=O) groups is 1. The SMILES string of the molecule is NS(=O)(=O)C1CCCN(C(=O)c2cccn2C2CCC2)C1. The molecule has 1 saturated carbocycles. The van der Waals surface area contributed by atoms with Crippen LogP contribution in [0.1, 0.15) is 48.6 Å². The lowest BCUT2D eigenvalue weighted by Crippen LogP contribution is -2.47. The minimum absolute atomic E-state index is 0.0831. The van der Waals surface area contributed by atoms with E-state index in [2.05, 4.69) is 0 Å². The van der Waals surface area contributed by atoms with Gasteiger partial charge in [0.25, 0.3) is 5.91 Å². The van der Waals surface area contributed by atoms with Crippen molar-refractivity contribution in [1.82, 2.24) is 9.47 Å². The molecule has 1 aliphatic heterocycles. The molecule has 0 spiro atoms. The van der Waals surface area contributed by atoms with Crippen LogP contribution in [0.2, 0.25) is 0 Å². The predicted molar refractivity (Wildman–Crippen MR) is 79.4 cm³/mol. The number of primary sulfonamides is 1. The molecule has 1 aromatic rings. The summed E-state index contributed by atoms with van der Waals surface area (Å²) in [5.41, 5.74) is 0.662. The Kier molecular flexibility index (Phi) is 3.79. The van der Waals surface area contributed by atoms with E-state index in [4.69, 9.17) is 5.14 Å². The Labute approximate surface area is 125 Å². The van der Waals surface area contributed by atoms with Gasteiger partial charge in [-0.2, -0.15) is 0 Å². The average molecular weight is 311 g/mol. The van der Waals surface area contributed by atoms with Crippen LogP contribution >= 0.6 is 0 Å². The number of hydrogen-bond donors (Lipinski definition) is 1. The van der Waals surface area contributed by atoms with E-state index in [9.17, 15) is 13.2 Å². The summed E-state index contributed by atoms with van der Waals surface area (Å²) in [6.45, 7) is 0.800. The molecule has 2 heterocycles. The van der Waals surface area contributed by atoms with Gasteiger partial charge in [0.15, 0.2) is 0 Å². The molecule has 0 radical (unpaired) electrons. The number of nitrogens with two attached hydrogens (primary N) is 1. The van der Waals surface area contributed by atoms with E-state index in [0.29, 0.717) is 31.1 Å². The smallest absolute Gasteiger partial charge is 0.270 e. The van der Waals surface area contributed by atoms with Gasteiger partial charge >= 0.3 is 0 Å². The largest absolute Gasteiger partial charge is 0.340 e. The molecule has 1 aromatic heterocycles. The summed E-state index contributed by atoms with van der Waals surface area (Å²) < 4.78 is 25.0. The number of sulfonamides is 1. The molecule has 0 bridgehead atoms. The minimum Gasteiger partial charge on any atom is -0.340 e. The maximum Gasteiger partial charge on any atom is 0.270 e. The Balaban J connectivity index is 1.77. The fourth-order valence-electron chi connectivity index (χ4n) is 3.11. The average Bonchev–Trinajstić information content (AvgIpc) is 2.84. The molecule has 7 heteroatoms. The van der Waals surface area contributed by atoms with Crippen molar-refractivity contribution in [2.24, 2.45) is 5.14 Å². The molecule has 21 heavy (non-hydrogen) atoms. The molecule has 3 rings (SSSR count). The van der Waals surface area contributed by atoms with Crippen LogP contribution in [0.4, 0.5) is 0 Å². The summed E-state index contributed by atoms with van der Waals surface area (Å²) in [6.07, 6.45) is 6.57. The summed E-state index contributed by atoms with van der Waals surface area (Å²) >= 11 is 0. The minimum atomic E-state index is -3.58. The maximum absolute atomic E-state index is 12.7. The molecule has 2 aliphatic rings. The lowest BCUT2D eigenvalue weighted by Gasteiger charge is -2.33. The molecule has 1 amide bonds. The zero-order valence-electron chi connectivity index (χ0n) is 11.9. The molecular formula is C14H21N3O3S. The van der Waals surface area contributed by atoms with Crippen LogP contribution in [0.25, 0.3) is 0 Å². The van der Waals surface area contributed by atoms with E-state index in [1.54, 1.807) is 4.90 Å². The van der Waals surface area contributed by atoms with Crippen molar-refractivity contribution in [3.8, 4) is 0 Å². The van der Waals surface area contributed by atoms with E-state index in [1.165, 1.54) is 6.42 Å². The maximum atomic E-state index is 12.7. The molecule has 1 saturated heterocycles. The van der Waals surface area contributed by atoms with Gasteiger partial charge in [-0.25, -0.2) is 13.6 Å². The summed E-state index contributed by atoms with van der Waals surface area (Å²) in [7, 11) is -3.58. The number of carbonyl (C=O) groups excluding carboxylic acids is 1. The number of amides is 1. The fourth-order valence-corrected chi connectivity index (χ4v) is 3.99. The third kappa shape index (κ3) is 2.85. The Morgan fingerprint density at radius 2 is 2.00 bits per heavy atom. The third-order valence-corrected chi connectivity index (χ3v) is 5.91. The van der Waals surface area contributed by atoms with Gasteiger partial charge in [0.1, 0.15) is 5.69 Å². The number of nitrogens with zero attached hydrogens (tertiary/aromatic N) is 2. The highest BCUT2D eigenvalue weighted by molar-refractivity contribution is 7.89. The standard InChI is InChI=1S/C14H21N3O3S/c15-21(19,20)12-6-2-8-16(10-12)14(18)13-7-3-9-17(13)11-4-1-5-11/h3,7,9,11-12H,1-2,4-6,8,10H2,(H2,15,19,20). The van der Waals surface area contributed by atoms with Crippen molar-refractivity contribution < 1.29 is 13.2 Å². The van der Waals surface area contributed by atoms with Gasteiger partial charge in [0.05, 0.1) is 5.25 Å². The Morgan fingerprint density at radius 1 is 1.24 bits per heavy atom. The van der Waals surface area contributed by atoms with Gasteiger partial charge in [0, 0.05) is 25.3 Å². The van der Waals surface area contributed by atoms with Crippen molar-refractivity contribution in [2.75, 3.05) is 13.1 Å². The summed E-state index contributed by atoms with van der Waals surface area (Å²) in [5.74, 6) is -0.0831. The second kappa shape index (κ2) is 5.46. The first-order valence-corrected chi connectivity index (χ1v) is 9.05. The van der Waals surface area contributed by atoms with E-state index < -0.39 is 15.3 Å². The molecule has 1 atom stereocenters. The molecule has 2 fully saturated rings. The van der Waals surface area contributed by atoms with Crippen LogP contribution in [0.5, 0.6) is 0 Å². The summed E-state index contributed by atoms with van der Waals surface area (Å²) in [5, 5.41) is 4.59. The Bertz CT molecular complexity index is 634. The number of piperidine rings is 1. The topological polar surface area (TPSA) is 85.4 Å². The zero-order chi connectivity index (χ0) is 15.0. The summed E-state index contributed by atoms with van der Waals surface area (Å²) in [6, 6.07) is 4.12. The monoisotopic (exact) mass is 311 g/mol. The van der Waals surface area contributed by atoms with Crippen LogP contribution in [-0.4, -0.2) is 42.1 Å². The third-order valence-electron chi connectivity index (χ3n) is 4.60. The lowest BCUT2D eigenvalue weighted by atomic mass is 9.93. The Hall–Kier alpha value is -1.34. The first kappa shape index (κ1) is 14.6. The van der Waals surface area contributed by atoms with Gasteiger partial charge in [-0.05, 0) is 44.2 Å². The molecule has 0 aromatic carbocycles. The molecule has 116 valence electrons. The number of aromatic nitrogens is 1.